The molecule has 0 radical (unpaired) electrons. The molecule has 0 spiro atoms. The highest BCUT2D eigenvalue weighted by Gasteiger charge is 2.35. The van der Waals surface area contributed by atoms with Crippen molar-refractivity contribution in [3.63, 3.8) is 0 Å². The Labute approximate surface area is 168 Å². The monoisotopic (exact) mass is 390 g/mol. The van der Waals surface area contributed by atoms with Crippen molar-refractivity contribution in [3.8, 4) is 16.9 Å². The molecule has 2 heterocycles. The van der Waals surface area contributed by atoms with Crippen LogP contribution in [-0.2, 0) is 9.59 Å². The van der Waals surface area contributed by atoms with E-state index in [1.807, 2.05) is 56.3 Å². The van der Waals surface area contributed by atoms with Crippen LogP contribution in [0, 0.1) is 13.8 Å². The summed E-state index contributed by atoms with van der Waals surface area (Å²) in [5.74, 6) is 0.882. The number of nitrogens with zero attached hydrogens (tertiary/aromatic N) is 2. The average molecular weight is 390 g/mol. The molecule has 0 saturated heterocycles. The largest absolute Gasteiger partial charge is 0.497 e. The third kappa shape index (κ3) is 3.59. The highest BCUT2D eigenvalue weighted by atomic mass is 16.5. The minimum absolute atomic E-state index is 0.00941. The number of benzene rings is 2. The number of anilines is 2. The van der Waals surface area contributed by atoms with Crippen LogP contribution in [0.2, 0.25) is 0 Å². The second-order valence-electron chi connectivity index (χ2n) is 7.14. The summed E-state index contributed by atoms with van der Waals surface area (Å²) >= 11 is 0. The molecule has 0 aliphatic carbocycles. The van der Waals surface area contributed by atoms with Gasteiger partial charge >= 0.3 is 0 Å². The molecule has 3 aromatic rings. The van der Waals surface area contributed by atoms with Gasteiger partial charge in [0.2, 0.25) is 5.91 Å². The zero-order valence-corrected chi connectivity index (χ0v) is 16.5. The number of fused-ring (bicyclic) bond motifs is 1. The van der Waals surface area contributed by atoms with E-state index < -0.39 is 6.04 Å². The Balaban J connectivity index is 1.52. The van der Waals surface area contributed by atoms with E-state index in [4.69, 9.17) is 4.74 Å². The van der Waals surface area contributed by atoms with Crippen LogP contribution < -0.4 is 15.4 Å². The van der Waals surface area contributed by atoms with E-state index in [0.717, 1.165) is 33.7 Å². The first-order valence-electron chi connectivity index (χ1n) is 9.36. The van der Waals surface area contributed by atoms with Crippen molar-refractivity contribution in [1.29, 1.82) is 0 Å². The van der Waals surface area contributed by atoms with E-state index in [9.17, 15) is 9.59 Å². The lowest BCUT2D eigenvalue weighted by Gasteiger charge is -2.11. The molecular formula is C22H22N4O3. The number of hydrogen-bond donors (Lipinski definition) is 2. The molecule has 1 atom stereocenters. The molecule has 1 unspecified atom stereocenters. The minimum Gasteiger partial charge on any atom is -0.497 e. The van der Waals surface area contributed by atoms with Gasteiger partial charge in [0.25, 0.3) is 5.91 Å². The summed E-state index contributed by atoms with van der Waals surface area (Å²) in [6.07, 6.45) is 1.71. The van der Waals surface area contributed by atoms with E-state index in [1.165, 1.54) is 0 Å². The zero-order valence-electron chi connectivity index (χ0n) is 16.5. The van der Waals surface area contributed by atoms with Gasteiger partial charge < -0.3 is 15.4 Å². The first kappa shape index (κ1) is 18.7. The van der Waals surface area contributed by atoms with Gasteiger partial charge in [-0.25, -0.2) is 4.68 Å². The number of methoxy groups -OCH3 is 1. The quantitative estimate of drug-likeness (QED) is 0.696. The average Bonchev–Trinajstić information content (AvgIpc) is 3.24. The fraction of sp³-hybridized carbons (Fsp3) is 0.227. The smallest absolute Gasteiger partial charge is 0.251 e. The summed E-state index contributed by atoms with van der Waals surface area (Å²) in [7, 11) is 1.61. The van der Waals surface area contributed by atoms with Gasteiger partial charge in [-0.05, 0) is 54.8 Å². The van der Waals surface area contributed by atoms with Crippen LogP contribution in [0.15, 0.2) is 48.7 Å². The molecule has 0 bridgehead atoms. The highest BCUT2D eigenvalue weighted by molar-refractivity contribution is 6.04. The highest BCUT2D eigenvalue weighted by Crippen LogP contribution is 2.36. The van der Waals surface area contributed by atoms with Gasteiger partial charge in [-0.2, -0.15) is 5.10 Å². The van der Waals surface area contributed by atoms with Crippen LogP contribution in [0.1, 0.15) is 23.6 Å². The van der Waals surface area contributed by atoms with Gasteiger partial charge in [-0.1, -0.05) is 18.2 Å². The molecule has 1 aromatic heterocycles. The van der Waals surface area contributed by atoms with E-state index in [2.05, 4.69) is 15.7 Å². The molecule has 1 aliphatic heterocycles. The number of aromatic nitrogens is 2. The maximum absolute atomic E-state index is 12.5. The van der Waals surface area contributed by atoms with E-state index >= 15 is 0 Å². The maximum Gasteiger partial charge on any atom is 0.251 e. The summed E-state index contributed by atoms with van der Waals surface area (Å²) in [6, 6.07) is 12.6. The standard InChI is InChI=1S/C22H22N4O3/c1-13-4-7-16(10-14(13)2)24-20(27)11-19-22(28)25-21-18(12-23-26(19)21)15-5-8-17(29-3)9-6-15/h4-10,12,19H,11H2,1-3H3,(H,24,27)(H,25,28). The Hall–Kier alpha value is -3.61. The Kier molecular flexibility index (Phi) is 4.80. The third-order valence-electron chi connectivity index (χ3n) is 5.21. The van der Waals surface area contributed by atoms with Crippen molar-refractivity contribution in [1.82, 2.24) is 9.78 Å². The van der Waals surface area contributed by atoms with E-state index in [0.29, 0.717) is 5.82 Å². The van der Waals surface area contributed by atoms with Gasteiger partial charge in [-0.15, -0.1) is 0 Å². The summed E-state index contributed by atoms with van der Waals surface area (Å²) < 4.78 is 6.77. The Morgan fingerprint density at radius 3 is 2.62 bits per heavy atom. The number of amides is 2. The zero-order chi connectivity index (χ0) is 20.5. The summed E-state index contributed by atoms with van der Waals surface area (Å²) in [6.45, 7) is 4.01. The number of hydrogen-bond acceptors (Lipinski definition) is 4. The number of rotatable bonds is 5. The van der Waals surface area contributed by atoms with Crippen molar-refractivity contribution >= 4 is 23.3 Å². The fourth-order valence-corrected chi connectivity index (χ4v) is 3.40. The summed E-state index contributed by atoms with van der Waals surface area (Å²) in [5.41, 5.74) is 4.69. The minimum atomic E-state index is -0.677. The molecule has 0 fully saturated rings. The van der Waals surface area contributed by atoms with Crippen molar-refractivity contribution < 1.29 is 14.3 Å². The van der Waals surface area contributed by atoms with Crippen LogP contribution >= 0.6 is 0 Å². The molecule has 4 rings (SSSR count). The summed E-state index contributed by atoms with van der Waals surface area (Å²) in [4.78, 5) is 25.0. The number of carbonyl (C=O) groups excluding carboxylic acids is 2. The maximum atomic E-state index is 12.5. The van der Waals surface area contributed by atoms with E-state index in [-0.39, 0.29) is 18.2 Å². The van der Waals surface area contributed by atoms with Crippen LogP contribution in [0.3, 0.4) is 0 Å². The lowest BCUT2D eigenvalue weighted by molar-refractivity contribution is -0.123. The number of nitrogens with one attached hydrogen (secondary N) is 2. The van der Waals surface area contributed by atoms with Crippen molar-refractivity contribution in [2.75, 3.05) is 17.7 Å². The molecule has 2 amide bonds. The molecule has 2 N–H and O–H groups in total. The van der Waals surface area contributed by atoms with Crippen molar-refractivity contribution in [3.05, 3.63) is 59.8 Å². The normalized spacial score (nSPS) is 15.0. The first-order chi connectivity index (χ1) is 14.0. The number of carbonyl (C=O) groups is 2. The summed E-state index contributed by atoms with van der Waals surface area (Å²) in [5, 5.41) is 10.1. The van der Waals surface area contributed by atoms with Gasteiger partial charge in [0.1, 0.15) is 17.6 Å². The molecule has 29 heavy (non-hydrogen) atoms. The SMILES string of the molecule is COc1ccc(-c2cnn3c2NC(=O)C3CC(=O)Nc2ccc(C)c(C)c2)cc1. The van der Waals surface area contributed by atoms with Gasteiger partial charge in [-0.3, -0.25) is 9.59 Å². The number of ether oxygens (including phenoxy) is 1. The Bertz CT molecular complexity index is 1090. The third-order valence-corrected chi connectivity index (χ3v) is 5.21. The molecule has 148 valence electrons. The lowest BCUT2D eigenvalue weighted by atomic mass is 10.1. The van der Waals surface area contributed by atoms with Crippen LogP contribution in [0.4, 0.5) is 11.5 Å². The second-order valence-corrected chi connectivity index (χ2v) is 7.14. The Morgan fingerprint density at radius 2 is 1.93 bits per heavy atom. The van der Waals surface area contributed by atoms with Crippen LogP contribution in [0.5, 0.6) is 5.75 Å². The van der Waals surface area contributed by atoms with E-state index in [1.54, 1.807) is 18.0 Å². The predicted molar refractivity (Wildman–Crippen MR) is 111 cm³/mol. The van der Waals surface area contributed by atoms with Gasteiger partial charge in [0.15, 0.2) is 0 Å². The number of aryl methyl sites for hydroxylation is 2. The predicted octanol–water partition coefficient (Wildman–Crippen LogP) is 3.70. The first-order valence-corrected chi connectivity index (χ1v) is 9.36. The Morgan fingerprint density at radius 1 is 1.17 bits per heavy atom. The molecule has 1 aliphatic rings. The molecule has 0 saturated carbocycles. The van der Waals surface area contributed by atoms with Crippen molar-refractivity contribution in [2.45, 2.75) is 26.3 Å². The lowest BCUT2D eigenvalue weighted by Crippen LogP contribution is -2.23. The van der Waals surface area contributed by atoms with Gasteiger partial charge in [0, 0.05) is 11.3 Å². The van der Waals surface area contributed by atoms with Crippen LogP contribution in [-0.4, -0.2) is 28.7 Å². The molecule has 2 aromatic carbocycles. The topological polar surface area (TPSA) is 85.2 Å². The second kappa shape index (κ2) is 7.43. The van der Waals surface area contributed by atoms with Crippen molar-refractivity contribution in [2.24, 2.45) is 0 Å². The molecule has 7 nitrogen and oxygen atoms in total. The molecular weight excluding hydrogens is 368 g/mol. The fourth-order valence-electron chi connectivity index (χ4n) is 3.40. The van der Waals surface area contributed by atoms with Crippen LogP contribution in [0.25, 0.3) is 11.1 Å². The molecule has 7 heteroatoms. The van der Waals surface area contributed by atoms with Gasteiger partial charge in [0.05, 0.1) is 19.7 Å².